The maximum Gasteiger partial charge on any atom is 0.225 e. The molecule has 0 radical (unpaired) electrons. The lowest BCUT2D eigenvalue weighted by molar-refractivity contribution is -0.129. The zero-order chi connectivity index (χ0) is 12.2. The van der Waals surface area contributed by atoms with Crippen molar-refractivity contribution in [1.29, 1.82) is 0 Å². The lowest BCUT2D eigenvalue weighted by Gasteiger charge is -2.30. The molecule has 0 unspecified atom stereocenters. The van der Waals surface area contributed by atoms with Gasteiger partial charge in [-0.3, -0.25) is 4.79 Å². The minimum absolute atomic E-state index is 0.131. The molecule has 1 aliphatic rings. The monoisotopic (exact) mass is 225 g/mol. The highest BCUT2D eigenvalue weighted by atomic mass is 16.2. The highest BCUT2D eigenvalue weighted by Gasteiger charge is 2.26. The molecule has 1 aliphatic carbocycles. The molecular weight excluding hydrogens is 202 g/mol. The van der Waals surface area contributed by atoms with Crippen LogP contribution in [-0.2, 0) is 9.59 Å². The van der Waals surface area contributed by atoms with Gasteiger partial charge < -0.3 is 10.1 Å². The lowest BCUT2D eigenvalue weighted by atomic mass is 9.84. The van der Waals surface area contributed by atoms with E-state index in [0.29, 0.717) is 18.4 Å². The van der Waals surface area contributed by atoms with Crippen molar-refractivity contribution in [2.45, 2.75) is 58.9 Å². The van der Waals surface area contributed by atoms with Crippen molar-refractivity contribution >= 4 is 12.2 Å². The van der Waals surface area contributed by atoms with Crippen LogP contribution in [0.5, 0.6) is 0 Å². The molecule has 0 aromatic heterocycles. The van der Waals surface area contributed by atoms with Crippen LogP contribution >= 0.6 is 0 Å². The number of hydrogen-bond donors (Lipinski definition) is 1. The van der Waals surface area contributed by atoms with Crippen LogP contribution in [-0.4, -0.2) is 18.2 Å². The lowest BCUT2D eigenvalue weighted by Crippen LogP contribution is -2.43. The van der Waals surface area contributed by atoms with Gasteiger partial charge in [0, 0.05) is 17.9 Å². The molecule has 0 aliphatic heterocycles. The average molecular weight is 225 g/mol. The van der Waals surface area contributed by atoms with Gasteiger partial charge in [0.15, 0.2) is 0 Å². The average Bonchev–Trinajstić information content (AvgIpc) is 2.20. The highest BCUT2D eigenvalue weighted by molar-refractivity contribution is 5.81. The van der Waals surface area contributed by atoms with Gasteiger partial charge in [-0.1, -0.05) is 20.8 Å². The Kier molecular flexibility index (Phi) is 4.51. The van der Waals surface area contributed by atoms with Crippen LogP contribution in [0.2, 0.25) is 0 Å². The molecule has 0 aromatic rings. The van der Waals surface area contributed by atoms with Crippen molar-refractivity contribution < 1.29 is 9.59 Å². The van der Waals surface area contributed by atoms with Crippen molar-refractivity contribution in [1.82, 2.24) is 5.32 Å². The Morgan fingerprint density at radius 2 is 1.81 bits per heavy atom. The first-order chi connectivity index (χ1) is 7.43. The van der Waals surface area contributed by atoms with Crippen LogP contribution in [0.1, 0.15) is 52.9 Å². The molecule has 0 heterocycles. The van der Waals surface area contributed by atoms with Crippen LogP contribution < -0.4 is 5.32 Å². The van der Waals surface area contributed by atoms with E-state index in [1.807, 2.05) is 20.8 Å². The zero-order valence-corrected chi connectivity index (χ0v) is 10.6. The summed E-state index contributed by atoms with van der Waals surface area (Å²) in [6.07, 6.45) is 5.85. The molecule has 1 rings (SSSR count). The van der Waals surface area contributed by atoms with Gasteiger partial charge in [0.1, 0.15) is 6.29 Å². The van der Waals surface area contributed by atoms with Crippen LogP contribution in [0.3, 0.4) is 0 Å². The first-order valence-corrected chi connectivity index (χ1v) is 6.18. The zero-order valence-electron chi connectivity index (χ0n) is 10.6. The largest absolute Gasteiger partial charge is 0.353 e. The van der Waals surface area contributed by atoms with E-state index >= 15 is 0 Å². The van der Waals surface area contributed by atoms with E-state index in [0.717, 1.165) is 32.0 Å². The number of carbonyl (C=O) groups excluding carboxylic acids is 2. The molecule has 0 atom stereocenters. The fraction of sp³-hybridized carbons (Fsp3) is 0.846. The minimum Gasteiger partial charge on any atom is -0.353 e. The Labute approximate surface area is 98.0 Å². The highest BCUT2D eigenvalue weighted by Crippen LogP contribution is 2.26. The second-order valence-corrected chi connectivity index (χ2v) is 5.84. The normalized spacial score (nSPS) is 26.2. The van der Waals surface area contributed by atoms with Crippen molar-refractivity contribution in [2.75, 3.05) is 0 Å². The SMILES string of the molecule is CC(C)(C)C(=O)NC1CCC(CC=O)CC1. The molecule has 1 amide bonds. The molecule has 92 valence electrons. The fourth-order valence-corrected chi connectivity index (χ4v) is 2.08. The molecule has 1 N–H and O–H groups in total. The molecule has 0 aromatic carbocycles. The summed E-state index contributed by atoms with van der Waals surface area (Å²) in [5.41, 5.74) is -0.306. The minimum atomic E-state index is -0.306. The van der Waals surface area contributed by atoms with Crippen LogP contribution in [0.25, 0.3) is 0 Å². The summed E-state index contributed by atoms with van der Waals surface area (Å²) in [6.45, 7) is 5.79. The van der Waals surface area contributed by atoms with Gasteiger partial charge >= 0.3 is 0 Å². The van der Waals surface area contributed by atoms with Crippen molar-refractivity contribution in [3.63, 3.8) is 0 Å². The number of nitrogens with one attached hydrogen (secondary N) is 1. The van der Waals surface area contributed by atoms with E-state index in [9.17, 15) is 9.59 Å². The predicted molar refractivity (Wildman–Crippen MR) is 64.0 cm³/mol. The molecule has 0 bridgehead atoms. The molecule has 3 nitrogen and oxygen atoms in total. The molecule has 1 fully saturated rings. The molecule has 16 heavy (non-hydrogen) atoms. The van der Waals surface area contributed by atoms with Gasteiger partial charge in [-0.05, 0) is 31.6 Å². The Morgan fingerprint density at radius 3 is 2.25 bits per heavy atom. The predicted octanol–water partition coefficient (Wildman–Crippen LogP) is 2.30. The van der Waals surface area contributed by atoms with Gasteiger partial charge in [-0.2, -0.15) is 0 Å². The summed E-state index contributed by atoms with van der Waals surface area (Å²) in [7, 11) is 0. The number of aldehydes is 1. The summed E-state index contributed by atoms with van der Waals surface area (Å²) >= 11 is 0. The van der Waals surface area contributed by atoms with Gasteiger partial charge in [0.2, 0.25) is 5.91 Å². The summed E-state index contributed by atoms with van der Waals surface area (Å²) in [5, 5.41) is 3.09. The fourth-order valence-electron chi connectivity index (χ4n) is 2.08. The summed E-state index contributed by atoms with van der Waals surface area (Å²) in [4.78, 5) is 22.2. The van der Waals surface area contributed by atoms with Crippen molar-refractivity contribution in [2.24, 2.45) is 11.3 Å². The second kappa shape index (κ2) is 5.46. The molecule has 1 saturated carbocycles. The van der Waals surface area contributed by atoms with Gasteiger partial charge in [0.25, 0.3) is 0 Å². The molecule has 0 saturated heterocycles. The second-order valence-electron chi connectivity index (χ2n) is 5.84. The van der Waals surface area contributed by atoms with E-state index < -0.39 is 0 Å². The summed E-state index contributed by atoms with van der Waals surface area (Å²) in [6, 6.07) is 0.314. The van der Waals surface area contributed by atoms with E-state index in [1.165, 1.54) is 0 Å². The Bertz CT molecular complexity index is 247. The van der Waals surface area contributed by atoms with Crippen LogP contribution in [0.15, 0.2) is 0 Å². The maximum atomic E-state index is 11.8. The Balaban J connectivity index is 2.32. The Morgan fingerprint density at radius 1 is 1.25 bits per heavy atom. The van der Waals surface area contributed by atoms with Crippen molar-refractivity contribution in [3.8, 4) is 0 Å². The molecular formula is C13H23NO2. The quantitative estimate of drug-likeness (QED) is 0.749. The van der Waals surface area contributed by atoms with Gasteiger partial charge in [-0.25, -0.2) is 0 Å². The smallest absolute Gasteiger partial charge is 0.225 e. The number of amides is 1. The third kappa shape index (κ3) is 3.95. The number of rotatable bonds is 3. The first kappa shape index (κ1) is 13.2. The number of carbonyl (C=O) groups is 2. The molecule has 0 spiro atoms. The number of hydrogen-bond acceptors (Lipinski definition) is 2. The van der Waals surface area contributed by atoms with Gasteiger partial charge in [-0.15, -0.1) is 0 Å². The third-order valence-electron chi connectivity index (χ3n) is 3.29. The van der Waals surface area contributed by atoms with Crippen LogP contribution in [0, 0.1) is 11.3 Å². The standard InChI is InChI=1S/C13H23NO2/c1-13(2,3)12(16)14-11-6-4-10(5-7-11)8-9-15/h9-11H,4-8H2,1-3H3,(H,14,16). The van der Waals surface area contributed by atoms with E-state index in [4.69, 9.17) is 0 Å². The van der Waals surface area contributed by atoms with Crippen molar-refractivity contribution in [3.05, 3.63) is 0 Å². The van der Waals surface area contributed by atoms with E-state index in [-0.39, 0.29) is 11.3 Å². The Hall–Kier alpha value is -0.860. The summed E-state index contributed by atoms with van der Waals surface area (Å²) in [5.74, 6) is 0.673. The summed E-state index contributed by atoms with van der Waals surface area (Å²) < 4.78 is 0. The van der Waals surface area contributed by atoms with E-state index in [2.05, 4.69) is 5.32 Å². The topological polar surface area (TPSA) is 46.2 Å². The third-order valence-corrected chi connectivity index (χ3v) is 3.29. The maximum absolute atomic E-state index is 11.8. The first-order valence-electron chi connectivity index (χ1n) is 6.18. The van der Waals surface area contributed by atoms with Gasteiger partial charge in [0.05, 0.1) is 0 Å². The van der Waals surface area contributed by atoms with E-state index in [1.54, 1.807) is 0 Å². The molecule has 3 heteroatoms. The van der Waals surface area contributed by atoms with Crippen LogP contribution in [0.4, 0.5) is 0 Å².